The van der Waals surface area contributed by atoms with Crippen LogP contribution in [0.5, 0.6) is 0 Å². The lowest BCUT2D eigenvalue weighted by atomic mass is 9.70. The number of hydrogen-bond acceptors (Lipinski definition) is 5. The van der Waals surface area contributed by atoms with Crippen LogP contribution in [0.15, 0.2) is 86.0 Å². The van der Waals surface area contributed by atoms with E-state index in [-0.39, 0.29) is 34.4 Å². The minimum absolute atomic E-state index is 0.0375. The standard InChI is InChI=1S/C33H38BrN3O4S/c1-4-16-35(19-23-12-8-6-9-13-23)30(39)26-27-31(40)37(22(3)21-38)29(33(27)18-25(34)28(26)42-33)32(41)36(17-5-2)20-24-14-10-7-11-15-24/h4-15,22,25-29,38H,1-2,16-21H2,3H3/t22-,25?,26+,27+,28+,29?,33?/m1/s1. The molecule has 0 saturated carbocycles. The van der Waals surface area contributed by atoms with Gasteiger partial charge in [-0.2, -0.15) is 0 Å². The number of aliphatic hydroxyl groups is 1. The molecule has 3 aliphatic heterocycles. The average Bonchev–Trinajstić information content (AvgIpc) is 3.60. The van der Waals surface area contributed by atoms with Crippen LogP contribution >= 0.6 is 27.7 Å². The molecule has 7 nitrogen and oxygen atoms in total. The molecule has 3 heterocycles. The highest BCUT2D eigenvalue weighted by molar-refractivity contribution is 9.09. The Morgan fingerprint density at radius 1 is 1.02 bits per heavy atom. The molecule has 42 heavy (non-hydrogen) atoms. The van der Waals surface area contributed by atoms with E-state index in [4.69, 9.17) is 0 Å². The van der Waals surface area contributed by atoms with E-state index < -0.39 is 28.7 Å². The van der Waals surface area contributed by atoms with Crippen LogP contribution in [0, 0.1) is 11.8 Å². The zero-order valence-electron chi connectivity index (χ0n) is 23.8. The fourth-order valence-electron chi connectivity index (χ4n) is 6.96. The largest absolute Gasteiger partial charge is 0.394 e. The fourth-order valence-corrected chi connectivity index (χ4v) is 10.5. The maximum atomic E-state index is 14.6. The molecule has 0 aromatic heterocycles. The van der Waals surface area contributed by atoms with Crippen molar-refractivity contribution in [3.63, 3.8) is 0 Å². The molecule has 3 unspecified atom stereocenters. The Hall–Kier alpha value is -2.88. The van der Waals surface area contributed by atoms with Gasteiger partial charge in [0.25, 0.3) is 0 Å². The highest BCUT2D eigenvalue weighted by atomic mass is 79.9. The van der Waals surface area contributed by atoms with E-state index in [1.165, 1.54) is 0 Å². The molecule has 3 saturated heterocycles. The van der Waals surface area contributed by atoms with E-state index in [2.05, 4.69) is 29.1 Å². The highest BCUT2D eigenvalue weighted by Crippen LogP contribution is 2.68. The minimum atomic E-state index is -0.810. The van der Waals surface area contributed by atoms with Crippen molar-refractivity contribution in [2.24, 2.45) is 11.8 Å². The molecule has 2 aromatic rings. The molecule has 3 amide bonds. The van der Waals surface area contributed by atoms with Crippen LogP contribution < -0.4 is 0 Å². The van der Waals surface area contributed by atoms with Gasteiger partial charge in [0, 0.05) is 36.3 Å². The minimum Gasteiger partial charge on any atom is -0.394 e. The Balaban J connectivity index is 1.53. The maximum Gasteiger partial charge on any atom is 0.247 e. The van der Waals surface area contributed by atoms with Crippen molar-refractivity contribution in [3.8, 4) is 0 Å². The number of carbonyl (C=O) groups is 3. The van der Waals surface area contributed by atoms with Gasteiger partial charge in [-0.15, -0.1) is 24.9 Å². The molecule has 2 aromatic carbocycles. The van der Waals surface area contributed by atoms with E-state index >= 15 is 0 Å². The Labute approximate surface area is 260 Å². The third-order valence-corrected chi connectivity index (χ3v) is 12.0. The summed E-state index contributed by atoms with van der Waals surface area (Å²) in [6, 6.07) is 18.1. The Kier molecular flexibility index (Phi) is 9.30. The van der Waals surface area contributed by atoms with Gasteiger partial charge in [-0.05, 0) is 24.5 Å². The first-order chi connectivity index (χ1) is 20.3. The number of carbonyl (C=O) groups excluding carboxylic acids is 3. The average molecular weight is 653 g/mol. The molecular formula is C33H38BrN3O4S. The predicted molar refractivity (Wildman–Crippen MR) is 170 cm³/mol. The monoisotopic (exact) mass is 651 g/mol. The summed E-state index contributed by atoms with van der Waals surface area (Å²) in [7, 11) is 0. The predicted octanol–water partition coefficient (Wildman–Crippen LogP) is 4.26. The molecule has 3 aliphatic rings. The molecule has 3 fully saturated rings. The normalized spacial score (nSPS) is 28.3. The zero-order chi connectivity index (χ0) is 30.0. The van der Waals surface area contributed by atoms with Crippen LogP contribution in [0.2, 0.25) is 0 Å². The summed E-state index contributed by atoms with van der Waals surface area (Å²) in [4.78, 5) is 48.4. The smallest absolute Gasteiger partial charge is 0.247 e. The maximum absolute atomic E-state index is 14.6. The summed E-state index contributed by atoms with van der Waals surface area (Å²) in [5, 5.41) is 10.1. The second-order valence-electron chi connectivity index (χ2n) is 11.4. The number of fused-ring (bicyclic) bond motifs is 1. The van der Waals surface area contributed by atoms with E-state index in [0.717, 1.165) is 11.1 Å². The van der Waals surface area contributed by atoms with Crippen molar-refractivity contribution in [2.45, 2.75) is 53.3 Å². The van der Waals surface area contributed by atoms with Crippen LogP contribution in [0.3, 0.4) is 0 Å². The van der Waals surface area contributed by atoms with Crippen molar-refractivity contribution in [2.75, 3.05) is 19.7 Å². The first-order valence-electron chi connectivity index (χ1n) is 14.4. The first kappa shape index (κ1) is 30.6. The Morgan fingerprint density at radius 3 is 2.05 bits per heavy atom. The number of benzene rings is 2. The van der Waals surface area contributed by atoms with Crippen molar-refractivity contribution >= 4 is 45.4 Å². The summed E-state index contributed by atoms with van der Waals surface area (Å²) < 4.78 is -0.792. The molecule has 222 valence electrons. The third kappa shape index (κ3) is 5.35. The summed E-state index contributed by atoms with van der Waals surface area (Å²) in [6.07, 6.45) is 3.99. The second kappa shape index (κ2) is 12.8. The third-order valence-electron chi connectivity index (χ3n) is 8.74. The number of alkyl halides is 1. The van der Waals surface area contributed by atoms with Crippen LogP contribution in [0.1, 0.15) is 24.5 Å². The fraction of sp³-hybridized carbons (Fsp3) is 0.424. The van der Waals surface area contributed by atoms with E-state index in [9.17, 15) is 19.5 Å². The number of amides is 3. The molecule has 0 aliphatic carbocycles. The lowest BCUT2D eigenvalue weighted by Crippen LogP contribution is -2.57. The van der Waals surface area contributed by atoms with Crippen molar-refractivity contribution in [1.29, 1.82) is 0 Å². The second-order valence-corrected chi connectivity index (χ2v) is 14.1. The number of aliphatic hydroxyl groups excluding tert-OH is 1. The van der Waals surface area contributed by atoms with Crippen molar-refractivity contribution in [1.82, 2.24) is 14.7 Å². The first-order valence-corrected chi connectivity index (χ1v) is 16.2. The molecule has 7 atom stereocenters. The SMILES string of the molecule is C=CCN(Cc1ccccc1)C(=O)C1N([C@H](C)CO)C(=O)[C@@H]2[C@H](C(=O)N(CC=C)Cc3ccccc3)[C@H]3SC12CC3Br. The summed E-state index contributed by atoms with van der Waals surface area (Å²) in [6.45, 7) is 10.7. The van der Waals surface area contributed by atoms with E-state index in [0.29, 0.717) is 32.6 Å². The topological polar surface area (TPSA) is 81.2 Å². The quantitative estimate of drug-likeness (QED) is 0.274. The van der Waals surface area contributed by atoms with Crippen LogP contribution in [0.4, 0.5) is 0 Å². The molecular weight excluding hydrogens is 614 g/mol. The highest BCUT2D eigenvalue weighted by Gasteiger charge is 2.76. The van der Waals surface area contributed by atoms with Crippen LogP contribution in [0.25, 0.3) is 0 Å². The Morgan fingerprint density at radius 2 is 1.55 bits per heavy atom. The molecule has 2 bridgehead atoms. The molecule has 1 spiro atoms. The van der Waals surface area contributed by atoms with E-state index in [1.807, 2.05) is 60.7 Å². The lowest BCUT2D eigenvalue weighted by Gasteiger charge is -2.39. The Bertz CT molecular complexity index is 1330. The lowest BCUT2D eigenvalue weighted by molar-refractivity contribution is -0.147. The summed E-state index contributed by atoms with van der Waals surface area (Å²) in [5.41, 5.74) is 1.97. The zero-order valence-corrected chi connectivity index (χ0v) is 26.3. The van der Waals surface area contributed by atoms with Gasteiger partial charge in [-0.1, -0.05) is 88.7 Å². The van der Waals surface area contributed by atoms with E-state index in [1.54, 1.807) is 45.5 Å². The van der Waals surface area contributed by atoms with Gasteiger partial charge < -0.3 is 19.8 Å². The molecule has 0 radical (unpaired) electrons. The van der Waals surface area contributed by atoms with Gasteiger partial charge >= 0.3 is 0 Å². The molecule has 5 rings (SSSR count). The number of halogens is 1. The summed E-state index contributed by atoms with van der Waals surface area (Å²) >= 11 is 5.46. The summed E-state index contributed by atoms with van der Waals surface area (Å²) in [5.74, 6) is -1.76. The van der Waals surface area contributed by atoms with Crippen LogP contribution in [-0.2, 0) is 27.5 Å². The molecule has 1 N–H and O–H groups in total. The number of nitrogens with zero attached hydrogens (tertiary/aromatic N) is 3. The van der Waals surface area contributed by atoms with Crippen molar-refractivity contribution in [3.05, 3.63) is 97.1 Å². The number of rotatable bonds is 12. The van der Waals surface area contributed by atoms with Gasteiger partial charge in [0.2, 0.25) is 17.7 Å². The van der Waals surface area contributed by atoms with Gasteiger partial charge in [0.05, 0.1) is 29.2 Å². The number of likely N-dealkylation sites (tertiary alicyclic amines) is 1. The van der Waals surface area contributed by atoms with Gasteiger partial charge in [-0.25, -0.2) is 0 Å². The van der Waals surface area contributed by atoms with Crippen molar-refractivity contribution < 1.29 is 19.5 Å². The number of thioether (sulfide) groups is 1. The molecule has 9 heteroatoms. The number of hydrogen-bond donors (Lipinski definition) is 1. The van der Waals surface area contributed by atoms with Crippen LogP contribution in [-0.4, -0.2) is 84.1 Å². The van der Waals surface area contributed by atoms with Gasteiger partial charge in [-0.3, -0.25) is 14.4 Å². The van der Waals surface area contributed by atoms with Gasteiger partial charge in [0.15, 0.2) is 0 Å². The van der Waals surface area contributed by atoms with Gasteiger partial charge in [0.1, 0.15) is 6.04 Å².